The Morgan fingerprint density at radius 3 is 2.47 bits per heavy atom. The first-order valence-electron chi connectivity index (χ1n) is 7.46. The molecule has 2 N–H and O–H groups in total. The van der Waals surface area contributed by atoms with E-state index in [0.29, 0.717) is 12.1 Å². The lowest BCUT2D eigenvalue weighted by molar-refractivity contribution is 0.103. The van der Waals surface area contributed by atoms with Crippen LogP contribution in [0.5, 0.6) is 0 Å². The summed E-state index contributed by atoms with van der Waals surface area (Å²) < 4.78 is 0. The predicted molar refractivity (Wildman–Crippen MR) is 71.2 cm³/mol. The van der Waals surface area contributed by atoms with E-state index in [1.165, 1.54) is 51.7 Å². The third-order valence-corrected chi connectivity index (χ3v) is 4.46. The molecule has 3 nitrogen and oxygen atoms in total. The summed E-state index contributed by atoms with van der Waals surface area (Å²) in [5.74, 6) is 0. The second kappa shape index (κ2) is 6.72. The van der Waals surface area contributed by atoms with E-state index in [1.54, 1.807) is 0 Å². The maximum atomic E-state index is 10.1. The molecule has 1 aliphatic heterocycles. The predicted octanol–water partition coefficient (Wildman–Crippen LogP) is 1.75. The number of likely N-dealkylation sites (tertiary alicyclic amines) is 1. The minimum absolute atomic E-state index is 0.110. The van der Waals surface area contributed by atoms with Gasteiger partial charge in [-0.15, -0.1) is 0 Å². The van der Waals surface area contributed by atoms with Gasteiger partial charge < -0.3 is 15.3 Å². The van der Waals surface area contributed by atoms with E-state index in [1.807, 2.05) is 0 Å². The fraction of sp³-hybridized carbons (Fsp3) is 1.00. The molecule has 0 amide bonds. The number of piperidine rings is 1. The fourth-order valence-electron chi connectivity index (χ4n) is 3.20. The van der Waals surface area contributed by atoms with Gasteiger partial charge in [-0.3, -0.25) is 0 Å². The SMILES string of the molecule is CCN1CCC(NC2CCCCCC2O)CC1. The molecule has 1 aliphatic carbocycles. The van der Waals surface area contributed by atoms with Gasteiger partial charge >= 0.3 is 0 Å². The summed E-state index contributed by atoms with van der Waals surface area (Å²) >= 11 is 0. The summed E-state index contributed by atoms with van der Waals surface area (Å²) in [5.41, 5.74) is 0. The molecule has 3 heteroatoms. The Morgan fingerprint density at radius 1 is 1.06 bits per heavy atom. The van der Waals surface area contributed by atoms with E-state index in [-0.39, 0.29) is 6.10 Å². The topological polar surface area (TPSA) is 35.5 Å². The second-order valence-corrected chi connectivity index (χ2v) is 5.69. The van der Waals surface area contributed by atoms with Gasteiger partial charge in [0.2, 0.25) is 0 Å². The average molecular weight is 240 g/mol. The lowest BCUT2D eigenvalue weighted by atomic mass is 10.00. The Bertz CT molecular complexity index is 214. The summed E-state index contributed by atoms with van der Waals surface area (Å²) in [7, 11) is 0. The Kier molecular flexibility index (Phi) is 5.26. The van der Waals surface area contributed by atoms with Crippen molar-refractivity contribution < 1.29 is 5.11 Å². The summed E-state index contributed by atoms with van der Waals surface area (Å²) in [6.45, 7) is 5.86. The zero-order chi connectivity index (χ0) is 12.1. The zero-order valence-electron chi connectivity index (χ0n) is 11.2. The number of rotatable bonds is 3. The molecule has 2 rings (SSSR count). The van der Waals surface area contributed by atoms with E-state index in [9.17, 15) is 5.11 Å². The van der Waals surface area contributed by atoms with Crippen molar-refractivity contribution >= 4 is 0 Å². The van der Waals surface area contributed by atoms with Crippen molar-refractivity contribution in [3.05, 3.63) is 0 Å². The van der Waals surface area contributed by atoms with Crippen molar-refractivity contribution in [3.63, 3.8) is 0 Å². The Balaban J connectivity index is 1.76. The standard InChI is InChI=1S/C14H28N2O/c1-2-16-10-8-12(9-11-16)15-13-6-4-3-5-7-14(13)17/h12-15,17H,2-11H2,1H3. The van der Waals surface area contributed by atoms with Gasteiger partial charge in [-0.2, -0.15) is 0 Å². The van der Waals surface area contributed by atoms with Crippen molar-refractivity contribution in [1.82, 2.24) is 10.2 Å². The van der Waals surface area contributed by atoms with Crippen LogP contribution in [-0.2, 0) is 0 Å². The maximum absolute atomic E-state index is 10.1. The van der Waals surface area contributed by atoms with E-state index in [4.69, 9.17) is 0 Å². The van der Waals surface area contributed by atoms with E-state index >= 15 is 0 Å². The molecule has 2 fully saturated rings. The van der Waals surface area contributed by atoms with Crippen LogP contribution < -0.4 is 5.32 Å². The molecule has 100 valence electrons. The average Bonchev–Trinajstić information content (AvgIpc) is 2.56. The highest BCUT2D eigenvalue weighted by Crippen LogP contribution is 2.20. The van der Waals surface area contributed by atoms with E-state index in [2.05, 4.69) is 17.1 Å². The quantitative estimate of drug-likeness (QED) is 0.738. The molecular formula is C14H28N2O. The second-order valence-electron chi connectivity index (χ2n) is 5.69. The smallest absolute Gasteiger partial charge is 0.0693 e. The van der Waals surface area contributed by atoms with Crippen LogP contribution in [0.3, 0.4) is 0 Å². The van der Waals surface area contributed by atoms with Crippen molar-refractivity contribution in [1.29, 1.82) is 0 Å². The van der Waals surface area contributed by atoms with Crippen LogP contribution in [0.25, 0.3) is 0 Å². The Morgan fingerprint density at radius 2 is 1.76 bits per heavy atom. The minimum atomic E-state index is -0.110. The van der Waals surface area contributed by atoms with Gasteiger partial charge in [0.25, 0.3) is 0 Å². The molecule has 2 atom stereocenters. The number of nitrogens with one attached hydrogen (secondary N) is 1. The molecule has 1 saturated heterocycles. The van der Waals surface area contributed by atoms with Crippen molar-refractivity contribution in [2.75, 3.05) is 19.6 Å². The molecule has 0 spiro atoms. The van der Waals surface area contributed by atoms with Gasteiger partial charge in [0.1, 0.15) is 0 Å². The first-order valence-corrected chi connectivity index (χ1v) is 7.46. The Labute approximate surface area is 106 Å². The number of aliphatic hydroxyl groups is 1. The molecule has 0 aromatic carbocycles. The first kappa shape index (κ1) is 13.3. The zero-order valence-corrected chi connectivity index (χ0v) is 11.2. The maximum Gasteiger partial charge on any atom is 0.0693 e. The highest BCUT2D eigenvalue weighted by Gasteiger charge is 2.26. The Hall–Kier alpha value is -0.120. The molecule has 0 radical (unpaired) electrons. The molecule has 0 aromatic heterocycles. The summed E-state index contributed by atoms with van der Waals surface area (Å²) in [5, 5.41) is 13.8. The van der Waals surface area contributed by atoms with E-state index in [0.717, 1.165) is 12.8 Å². The van der Waals surface area contributed by atoms with Crippen LogP contribution in [-0.4, -0.2) is 47.8 Å². The molecule has 1 saturated carbocycles. The van der Waals surface area contributed by atoms with Gasteiger partial charge in [-0.1, -0.05) is 26.2 Å². The third kappa shape index (κ3) is 3.94. The summed E-state index contributed by atoms with van der Waals surface area (Å²) in [6.07, 6.45) is 8.32. The fourth-order valence-corrected chi connectivity index (χ4v) is 3.20. The molecule has 2 aliphatic rings. The molecule has 17 heavy (non-hydrogen) atoms. The van der Waals surface area contributed by atoms with Gasteiger partial charge in [0.15, 0.2) is 0 Å². The van der Waals surface area contributed by atoms with Crippen LogP contribution in [0.4, 0.5) is 0 Å². The molecule has 0 bridgehead atoms. The van der Waals surface area contributed by atoms with Crippen LogP contribution in [0.2, 0.25) is 0 Å². The largest absolute Gasteiger partial charge is 0.392 e. The van der Waals surface area contributed by atoms with Gasteiger partial charge in [-0.25, -0.2) is 0 Å². The van der Waals surface area contributed by atoms with Gasteiger partial charge in [0.05, 0.1) is 6.10 Å². The van der Waals surface area contributed by atoms with Gasteiger partial charge in [-0.05, 0) is 45.3 Å². The first-order chi connectivity index (χ1) is 8.29. The monoisotopic (exact) mass is 240 g/mol. The molecule has 2 unspecified atom stereocenters. The minimum Gasteiger partial charge on any atom is -0.392 e. The van der Waals surface area contributed by atoms with Crippen LogP contribution >= 0.6 is 0 Å². The normalized spacial score (nSPS) is 33.5. The molecular weight excluding hydrogens is 212 g/mol. The molecule has 1 heterocycles. The molecule has 0 aromatic rings. The van der Waals surface area contributed by atoms with Crippen molar-refractivity contribution in [2.24, 2.45) is 0 Å². The van der Waals surface area contributed by atoms with Crippen LogP contribution in [0.1, 0.15) is 51.9 Å². The third-order valence-electron chi connectivity index (χ3n) is 4.46. The highest BCUT2D eigenvalue weighted by atomic mass is 16.3. The summed E-state index contributed by atoms with van der Waals surface area (Å²) in [6, 6.07) is 0.992. The van der Waals surface area contributed by atoms with Crippen molar-refractivity contribution in [2.45, 2.75) is 70.1 Å². The lowest BCUT2D eigenvalue weighted by Gasteiger charge is -2.35. The number of hydrogen-bond donors (Lipinski definition) is 2. The van der Waals surface area contributed by atoms with Gasteiger partial charge in [0, 0.05) is 12.1 Å². The highest BCUT2D eigenvalue weighted by molar-refractivity contribution is 4.85. The number of aliphatic hydroxyl groups excluding tert-OH is 1. The van der Waals surface area contributed by atoms with Crippen LogP contribution in [0, 0.1) is 0 Å². The van der Waals surface area contributed by atoms with Crippen molar-refractivity contribution in [3.8, 4) is 0 Å². The van der Waals surface area contributed by atoms with E-state index < -0.39 is 0 Å². The van der Waals surface area contributed by atoms with Crippen LogP contribution in [0.15, 0.2) is 0 Å². The number of nitrogens with zero attached hydrogens (tertiary/aromatic N) is 1. The lowest BCUT2D eigenvalue weighted by Crippen LogP contribution is -2.49. The summed E-state index contributed by atoms with van der Waals surface area (Å²) in [4.78, 5) is 2.52. The number of hydrogen-bond acceptors (Lipinski definition) is 3.